The van der Waals surface area contributed by atoms with E-state index < -0.39 is 47.3 Å². The summed E-state index contributed by atoms with van der Waals surface area (Å²) < 4.78 is 18.4. The molecule has 4 aliphatic rings. The van der Waals surface area contributed by atoms with E-state index in [1.54, 1.807) is 127 Å². The van der Waals surface area contributed by atoms with E-state index in [0.29, 0.717) is 45.5 Å². The van der Waals surface area contributed by atoms with Crippen molar-refractivity contribution in [3.63, 3.8) is 0 Å². The van der Waals surface area contributed by atoms with E-state index in [4.69, 9.17) is 14.2 Å². The molecule has 14 rings (SSSR count). The van der Waals surface area contributed by atoms with E-state index in [-0.39, 0.29) is 67.4 Å². The second-order valence-corrected chi connectivity index (χ2v) is 20.2. The summed E-state index contributed by atoms with van der Waals surface area (Å²) in [6.07, 6.45) is 0. The summed E-state index contributed by atoms with van der Waals surface area (Å²) in [5.41, 5.74) is 5.41. The molecule has 0 aliphatic carbocycles. The first kappa shape index (κ1) is 52.4. The highest BCUT2D eigenvalue weighted by Crippen LogP contribution is 2.39. The van der Waals surface area contributed by atoms with Crippen LogP contribution in [0, 0.1) is 23.7 Å². The molecule has 0 atom stereocenters. The average molecular weight is 1140 g/mol. The third-order valence-corrected chi connectivity index (χ3v) is 14.8. The van der Waals surface area contributed by atoms with Crippen molar-refractivity contribution in [1.29, 1.82) is 0 Å². The fourth-order valence-electron chi connectivity index (χ4n) is 10.6. The number of nitrogens with zero attached hydrogens (tertiary/aromatic N) is 4. The minimum atomic E-state index is -0.615. The second-order valence-electron chi connectivity index (χ2n) is 20.2. The predicted octanol–water partition coefficient (Wildman–Crippen LogP) is 13.1. The monoisotopic (exact) mass is 1130 g/mol. The van der Waals surface area contributed by atoms with Crippen molar-refractivity contribution in [2.45, 2.75) is 0 Å². The summed E-state index contributed by atoms with van der Waals surface area (Å²) in [5, 5.41) is 0. The van der Waals surface area contributed by atoms with Crippen molar-refractivity contribution in [1.82, 2.24) is 0 Å². The molecule has 0 unspecified atom stereocenters. The van der Waals surface area contributed by atoms with Gasteiger partial charge >= 0.3 is 0 Å². The number of hydrogen-bond donors (Lipinski definition) is 0. The van der Waals surface area contributed by atoms with Gasteiger partial charge in [0.1, 0.15) is 34.5 Å². The van der Waals surface area contributed by atoms with Crippen LogP contribution in [0.5, 0.6) is 34.5 Å². The number of hydrogen-bond acceptors (Lipinski definition) is 11. The normalized spacial score (nSPS) is 13.7. The van der Waals surface area contributed by atoms with Crippen molar-refractivity contribution >= 4 is 70.0 Å². The first-order valence-electron chi connectivity index (χ1n) is 27.1. The lowest BCUT2D eigenvalue weighted by atomic mass is 10.1. The molecule has 0 spiro atoms. The van der Waals surface area contributed by atoms with Gasteiger partial charge in [-0.3, -0.25) is 38.4 Å². The highest BCUT2D eigenvalue weighted by atomic mass is 16.5. The molecule has 4 aliphatic heterocycles. The molecule has 412 valence electrons. The number of imide groups is 4. The zero-order valence-electron chi connectivity index (χ0n) is 45.2. The zero-order valence-corrected chi connectivity index (χ0v) is 45.2. The fourth-order valence-corrected chi connectivity index (χ4v) is 10.6. The first-order valence-corrected chi connectivity index (χ1v) is 27.1. The van der Waals surface area contributed by atoms with Gasteiger partial charge in [0.15, 0.2) is 0 Å². The number of benzene rings is 10. The molecule has 10 aromatic rings. The van der Waals surface area contributed by atoms with Crippen molar-refractivity contribution in [3.05, 3.63) is 297 Å². The Morgan fingerprint density at radius 3 is 0.874 bits per heavy atom. The number of carbonyl (C=O) groups is 8. The maximum Gasteiger partial charge on any atom is 0.266 e. The quantitative estimate of drug-likeness (QED) is 0.0940. The van der Waals surface area contributed by atoms with Crippen LogP contribution < -0.4 is 33.8 Å². The Morgan fingerprint density at radius 2 is 0.494 bits per heavy atom. The van der Waals surface area contributed by atoms with E-state index in [2.05, 4.69) is 23.7 Å². The van der Waals surface area contributed by atoms with Gasteiger partial charge in [-0.25, -0.2) is 19.6 Å². The number of carbonyl (C=O) groups excluding carboxylic acids is 8. The molecule has 0 N–H and O–H groups in total. The summed E-state index contributed by atoms with van der Waals surface area (Å²) in [6.45, 7) is 0. The van der Waals surface area contributed by atoms with Gasteiger partial charge in [0.25, 0.3) is 47.3 Å². The van der Waals surface area contributed by atoms with Gasteiger partial charge in [0.05, 0.1) is 67.3 Å². The van der Waals surface area contributed by atoms with Crippen LogP contribution in [0.1, 0.15) is 105 Å². The Bertz CT molecular complexity index is 4810. The van der Waals surface area contributed by atoms with Gasteiger partial charge < -0.3 is 14.2 Å². The largest absolute Gasteiger partial charge is 0.457 e. The van der Waals surface area contributed by atoms with E-state index in [0.717, 1.165) is 30.7 Å². The highest BCUT2D eigenvalue weighted by molar-refractivity contribution is 6.37. The molecule has 4 heterocycles. The Kier molecular flexibility index (Phi) is 12.8. The molecule has 10 aromatic carbocycles. The maximum absolute atomic E-state index is 14.0. The van der Waals surface area contributed by atoms with Gasteiger partial charge in [0.2, 0.25) is 0 Å². The van der Waals surface area contributed by atoms with Crippen LogP contribution in [0.15, 0.2) is 231 Å². The Hall–Kier alpha value is -12.7. The van der Waals surface area contributed by atoms with Crippen molar-refractivity contribution < 1.29 is 52.6 Å². The van der Waals surface area contributed by atoms with Gasteiger partial charge in [-0.1, -0.05) is 72.2 Å². The molecule has 0 radical (unpaired) electrons. The molecular weight excluding hydrogens is 1100 g/mol. The number of amides is 8. The molecule has 15 heteroatoms. The third kappa shape index (κ3) is 9.57. The second kappa shape index (κ2) is 21.2. The van der Waals surface area contributed by atoms with E-state index in [9.17, 15) is 38.4 Å². The lowest BCUT2D eigenvalue weighted by molar-refractivity contribution is 0.0910. The molecule has 0 fully saturated rings. The van der Waals surface area contributed by atoms with Crippen LogP contribution in [0.3, 0.4) is 0 Å². The topological polar surface area (TPSA) is 177 Å². The smallest absolute Gasteiger partial charge is 0.266 e. The van der Waals surface area contributed by atoms with Crippen LogP contribution in [-0.4, -0.2) is 47.3 Å². The first-order chi connectivity index (χ1) is 42.4. The molecule has 8 amide bonds. The van der Waals surface area contributed by atoms with E-state index in [1.807, 2.05) is 60.7 Å². The van der Waals surface area contributed by atoms with Crippen molar-refractivity contribution in [2.75, 3.05) is 19.6 Å². The Morgan fingerprint density at radius 1 is 0.207 bits per heavy atom. The fraction of sp³-hybridized carbons (Fsp3) is 0. The summed E-state index contributed by atoms with van der Waals surface area (Å²) in [6, 6.07) is 63.1. The van der Waals surface area contributed by atoms with Crippen molar-refractivity contribution in [3.8, 4) is 58.2 Å². The van der Waals surface area contributed by atoms with Gasteiger partial charge in [0, 0.05) is 34.4 Å². The van der Waals surface area contributed by atoms with Gasteiger partial charge in [-0.2, -0.15) is 0 Å². The van der Waals surface area contributed by atoms with E-state index in [1.165, 1.54) is 42.5 Å². The van der Waals surface area contributed by atoms with Gasteiger partial charge in [-0.15, -0.1) is 0 Å². The van der Waals surface area contributed by atoms with Crippen LogP contribution >= 0.6 is 0 Å². The average Bonchev–Trinajstić information content (AvgIpc) is 3.53. The number of ether oxygens (including phenoxy) is 3. The van der Waals surface area contributed by atoms with Crippen LogP contribution in [-0.2, 0) is 0 Å². The predicted molar refractivity (Wildman–Crippen MR) is 321 cm³/mol. The lowest BCUT2D eigenvalue weighted by Crippen LogP contribution is -2.29. The summed E-state index contributed by atoms with van der Waals surface area (Å²) in [5.74, 6) is 9.68. The molecule has 0 saturated heterocycles. The molecule has 87 heavy (non-hydrogen) atoms. The minimum Gasteiger partial charge on any atom is -0.457 e. The van der Waals surface area contributed by atoms with Crippen LogP contribution in [0.2, 0.25) is 0 Å². The van der Waals surface area contributed by atoms with Crippen LogP contribution in [0.25, 0.3) is 0 Å². The standard InChI is InChI=1S/C72H38N4O11/c77-65-57-33-21-45(19-17-43-9-3-1-4-10-43)37-61(57)69(81)73(65)47-23-27-51(28-24-47)86-54-16-8-14-50(40-54)76-68(80)60-36-32-56(42-64(60)72(76)84)87-55-31-35-59-63(41-55)71(83)74(66(59)78)48-25-29-52(30-26-48)85-53-15-7-13-49(39-53)75-67(79)58-34-22-46(38-62(58)70(75)82)20-18-44-11-5-2-6-12-44/h1-16,21-42H. The number of fused-ring (bicyclic) bond motifs is 4. The van der Waals surface area contributed by atoms with Gasteiger partial charge in [-0.05, 0) is 170 Å². The summed E-state index contributed by atoms with van der Waals surface area (Å²) in [7, 11) is 0. The van der Waals surface area contributed by atoms with E-state index >= 15 is 0 Å². The highest BCUT2D eigenvalue weighted by Gasteiger charge is 2.41. The number of rotatable bonds is 10. The van der Waals surface area contributed by atoms with Crippen molar-refractivity contribution in [2.24, 2.45) is 0 Å². The zero-order chi connectivity index (χ0) is 59.4. The Balaban J connectivity index is 0.607. The molecule has 0 aromatic heterocycles. The maximum atomic E-state index is 14.0. The SMILES string of the molecule is O=C1c2ccc(C#Cc3ccccc3)cc2C(=O)N1c1ccc(Oc2cccc(N3C(=O)c4ccc(Oc5ccc6c(c5)C(=O)N(c5ccc(Oc7cccc(N8C(=O)c9ccc(C#Cc%10ccccc%10)cc9C8=O)c7)cc5)C6=O)cc4C3=O)c2)cc1. The minimum absolute atomic E-state index is 0.0744. The molecular formula is C72H38N4O11. The Labute approximate surface area is 495 Å². The summed E-state index contributed by atoms with van der Waals surface area (Å²) in [4.78, 5) is 114. The number of anilines is 4. The lowest BCUT2D eigenvalue weighted by Gasteiger charge is -2.16. The molecule has 15 nitrogen and oxygen atoms in total. The third-order valence-electron chi connectivity index (χ3n) is 14.8. The summed E-state index contributed by atoms with van der Waals surface area (Å²) >= 11 is 0. The molecule has 0 saturated carbocycles. The molecule has 0 bridgehead atoms. The van der Waals surface area contributed by atoms with Crippen LogP contribution in [0.4, 0.5) is 22.7 Å².